The molecule has 0 aromatic carbocycles. The van der Waals surface area contributed by atoms with Gasteiger partial charge in [0.05, 0.1) is 5.70 Å². The van der Waals surface area contributed by atoms with E-state index in [2.05, 4.69) is 0 Å². The zero-order valence-electron chi connectivity index (χ0n) is 6.39. The number of nitrogens with two attached hydrogens (primary N) is 1. The minimum Gasteiger partial charge on any atom is -0.465 e. The van der Waals surface area contributed by atoms with Crippen molar-refractivity contribution in [3.05, 3.63) is 11.8 Å². The zero-order chi connectivity index (χ0) is 7.90. The van der Waals surface area contributed by atoms with Crippen molar-refractivity contribution < 1.29 is 4.74 Å². The molecule has 60 valence electrons. The third-order valence-electron chi connectivity index (χ3n) is 2.53. The van der Waals surface area contributed by atoms with Crippen LogP contribution in [0.25, 0.3) is 0 Å². The van der Waals surface area contributed by atoms with E-state index in [-0.39, 0.29) is 11.5 Å². The number of rotatable bonds is 0. The molecule has 0 radical (unpaired) electrons. The van der Waals surface area contributed by atoms with E-state index in [1.807, 2.05) is 0 Å². The lowest BCUT2D eigenvalue weighted by Gasteiger charge is -2.23. The Labute approximate surface area is 65.7 Å². The highest BCUT2D eigenvalue weighted by molar-refractivity contribution is 5.89. The second kappa shape index (κ2) is 2.00. The van der Waals surface area contributed by atoms with Gasteiger partial charge in [-0.1, -0.05) is 0 Å². The van der Waals surface area contributed by atoms with Crippen molar-refractivity contribution in [2.24, 2.45) is 5.73 Å². The Bertz CT molecular complexity index is 226. The van der Waals surface area contributed by atoms with Gasteiger partial charge in [-0.15, -0.1) is 0 Å². The summed E-state index contributed by atoms with van der Waals surface area (Å²) >= 11 is 0. The van der Waals surface area contributed by atoms with Crippen LogP contribution in [-0.4, -0.2) is 11.5 Å². The standard InChI is InChI=1S/C8H12N2O/c9-6-5-7(10)11-8(6)3-1-2-4-8/h5,10H,1-4,9H2. The fourth-order valence-electron chi connectivity index (χ4n) is 1.91. The Morgan fingerprint density at radius 2 is 2.09 bits per heavy atom. The Balaban J connectivity index is 2.28. The third-order valence-corrected chi connectivity index (χ3v) is 2.53. The second-order valence-electron chi connectivity index (χ2n) is 3.27. The largest absolute Gasteiger partial charge is 0.465 e. The van der Waals surface area contributed by atoms with Gasteiger partial charge in [0.2, 0.25) is 5.90 Å². The first-order valence-electron chi connectivity index (χ1n) is 3.98. The monoisotopic (exact) mass is 152 g/mol. The first kappa shape index (κ1) is 6.70. The van der Waals surface area contributed by atoms with Crippen LogP contribution in [0.4, 0.5) is 0 Å². The van der Waals surface area contributed by atoms with Crippen molar-refractivity contribution in [2.75, 3.05) is 0 Å². The van der Waals surface area contributed by atoms with Gasteiger partial charge >= 0.3 is 0 Å². The predicted molar refractivity (Wildman–Crippen MR) is 42.3 cm³/mol. The average molecular weight is 152 g/mol. The van der Waals surface area contributed by atoms with Gasteiger partial charge in [0.15, 0.2) is 0 Å². The molecule has 0 atom stereocenters. The summed E-state index contributed by atoms with van der Waals surface area (Å²) in [6, 6.07) is 0. The number of hydrogen-bond donors (Lipinski definition) is 2. The van der Waals surface area contributed by atoms with Crippen LogP contribution in [0.15, 0.2) is 11.8 Å². The summed E-state index contributed by atoms with van der Waals surface area (Å²) in [4.78, 5) is 0. The number of nitrogens with one attached hydrogen (secondary N) is 1. The van der Waals surface area contributed by atoms with Crippen LogP contribution in [0, 0.1) is 5.41 Å². The third kappa shape index (κ3) is 0.836. The Morgan fingerprint density at radius 3 is 2.55 bits per heavy atom. The summed E-state index contributed by atoms with van der Waals surface area (Å²) in [7, 11) is 0. The molecule has 0 aromatic heterocycles. The molecule has 0 saturated heterocycles. The molecule has 3 heteroatoms. The van der Waals surface area contributed by atoms with Crippen LogP contribution in [0.1, 0.15) is 25.7 Å². The Hall–Kier alpha value is -0.990. The van der Waals surface area contributed by atoms with E-state index in [4.69, 9.17) is 15.9 Å². The molecule has 1 aliphatic heterocycles. The molecule has 2 aliphatic rings. The van der Waals surface area contributed by atoms with Crippen molar-refractivity contribution in [1.82, 2.24) is 0 Å². The van der Waals surface area contributed by atoms with E-state index in [9.17, 15) is 0 Å². The van der Waals surface area contributed by atoms with Gasteiger partial charge in [-0.05, 0) is 25.7 Å². The highest BCUT2D eigenvalue weighted by atomic mass is 16.5. The van der Waals surface area contributed by atoms with Crippen LogP contribution < -0.4 is 5.73 Å². The highest BCUT2D eigenvalue weighted by Crippen LogP contribution is 2.40. The first-order valence-corrected chi connectivity index (χ1v) is 3.98. The minimum absolute atomic E-state index is 0.226. The second-order valence-corrected chi connectivity index (χ2v) is 3.27. The minimum atomic E-state index is -0.267. The van der Waals surface area contributed by atoms with Crippen LogP contribution in [-0.2, 0) is 4.74 Å². The van der Waals surface area contributed by atoms with Crippen LogP contribution in [0.3, 0.4) is 0 Å². The summed E-state index contributed by atoms with van der Waals surface area (Å²) < 4.78 is 5.39. The molecule has 0 unspecified atom stereocenters. The lowest BCUT2D eigenvalue weighted by atomic mass is 10.00. The van der Waals surface area contributed by atoms with E-state index in [0.717, 1.165) is 18.5 Å². The van der Waals surface area contributed by atoms with Gasteiger partial charge in [-0.2, -0.15) is 0 Å². The Kier molecular flexibility index (Phi) is 1.22. The van der Waals surface area contributed by atoms with Gasteiger partial charge in [0.1, 0.15) is 5.60 Å². The highest BCUT2D eigenvalue weighted by Gasteiger charge is 2.42. The van der Waals surface area contributed by atoms with Gasteiger partial charge in [-0.25, -0.2) is 0 Å². The molecule has 1 saturated carbocycles. The van der Waals surface area contributed by atoms with Crippen molar-refractivity contribution in [3.8, 4) is 0 Å². The van der Waals surface area contributed by atoms with Gasteiger partial charge in [0, 0.05) is 6.08 Å². The topological polar surface area (TPSA) is 59.1 Å². The van der Waals surface area contributed by atoms with E-state index < -0.39 is 0 Å². The van der Waals surface area contributed by atoms with Crippen molar-refractivity contribution in [1.29, 1.82) is 5.41 Å². The van der Waals surface area contributed by atoms with E-state index >= 15 is 0 Å². The first-order chi connectivity index (χ1) is 5.23. The van der Waals surface area contributed by atoms with Gasteiger partial charge < -0.3 is 10.5 Å². The lowest BCUT2D eigenvalue weighted by Crippen LogP contribution is -2.31. The molecule has 11 heavy (non-hydrogen) atoms. The van der Waals surface area contributed by atoms with Crippen molar-refractivity contribution in [3.63, 3.8) is 0 Å². The predicted octanol–water partition coefficient (Wildman–Crippen LogP) is 1.15. The normalized spacial score (nSPS) is 27.3. The molecule has 0 aromatic rings. The maximum atomic E-state index is 7.29. The molecule has 0 bridgehead atoms. The summed E-state index contributed by atoms with van der Waals surface area (Å²) in [5.74, 6) is 0.226. The quantitative estimate of drug-likeness (QED) is 0.547. The molecular formula is C8H12N2O. The van der Waals surface area contributed by atoms with Gasteiger partial charge in [-0.3, -0.25) is 5.41 Å². The summed E-state index contributed by atoms with van der Waals surface area (Å²) in [5, 5.41) is 7.29. The molecule has 3 nitrogen and oxygen atoms in total. The van der Waals surface area contributed by atoms with Crippen LogP contribution in [0.2, 0.25) is 0 Å². The summed E-state index contributed by atoms with van der Waals surface area (Å²) in [6.45, 7) is 0. The zero-order valence-corrected chi connectivity index (χ0v) is 6.39. The fraction of sp³-hybridized carbons (Fsp3) is 0.625. The number of hydrogen-bond acceptors (Lipinski definition) is 3. The average Bonchev–Trinajstić information content (AvgIpc) is 2.45. The molecule has 0 amide bonds. The lowest BCUT2D eigenvalue weighted by molar-refractivity contribution is 0.113. The molecular weight excluding hydrogens is 140 g/mol. The molecule has 1 spiro atoms. The van der Waals surface area contributed by atoms with E-state index in [1.54, 1.807) is 6.08 Å². The smallest absolute Gasteiger partial charge is 0.208 e. The Morgan fingerprint density at radius 1 is 1.45 bits per heavy atom. The SMILES string of the molecule is N=C1C=C(N)C2(CCCC2)O1. The maximum absolute atomic E-state index is 7.29. The van der Waals surface area contributed by atoms with Gasteiger partial charge in [0.25, 0.3) is 0 Å². The maximum Gasteiger partial charge on any atom is 0.208 e. The van der Waals surface area contributed by atoms with Crippen molar-refractivity contribution >= 4 is 5.90 Å². The summed E-state index contributed by atoms with van der Waals surface area (Å²) in [5.41, 5.74) is 6.24. The fourth-order valence-corrected chi connectivity index (χ4v) is 1.91. The molecule has 1 fully saturated rings. The summed E-state index contributed by atoms with van der Waals surface area (Å²) in [6.07, 6.45) is 5.93. The van der Waals surface area contributed by atoms with E-state index in [1.165, 1.54) is 12.8 Å². The van der Waals surface area contributed by atoms with Crippen molar-refractivity contribution in [2.45, 2.75) is 31.3 Å². The molecule has 3 N–H and O–H groups in total. The number of ether oxygens (including phenoxy) is 1. The molecule has 1 aliphatic carbocycles. The molecule has 1 heterocycles. The molecule has 2 rings (SSSR count). The van der Waals surface area contributed by atoms with Crippen LogP contribution >= 0.6 is 0 Å². The van der Waals surface area contributed by atoms with E-state index in [0.29, 0.717) is 0 Å². The van der Waals surface area contributed by atoms with Crippen LogP contribution in [0.5, 0.6) is 0 Å².